The van der Waals surface area contributed by atoms with Gasteiger partial charge in [0, 0.05) is 19.5 Å². The summed E-state index contributed by atoms with van der Waals surface area (Å²) in [6.07, 6.45) is 3.80. The van der Waals surface area contributed by atoms with Crippen molar-refractivity contribution in [2.75, 3.05) is 26.3 Å². The summed E-state index contributed by atoms with van der Waals surface area (Å²) in [5, 5.41) is 5.06. The van der Waals surface area contributed by atoms with Gasteiger partial charge in [-0.1, -0.05) is 62.2 Å². The molecule has 0 radical (unpaired) electrons. The van der Waals surface area contributed by atoms with Gasteiger partial charge < -0.3 is 19.7 Å². The summed E-state index contributed by atoms with van der Waals surface area (Å²) >= 11 is 0. The van der Waals surface area contributed by atoms with Crippen molar-refractivity contribution in [2.24, 2.45) is 5.92 Å². The quantitative estimate of drug-likeness (QED) is 0.595. The molecule has 0 saturated carbocycles. The summed E-state index contributed by atoms with van der Waals surface area (Å²) in [6, 6.07) is 13.6. The zero-order chi connectivity index (χ0) is 22.1. The van der Waals surface area contributed by atoms with Gasteiger partial charge in [0.25, 0.3) is 0 Å². The topological polar surface area (TPSA) is 75.7 Å². The third kappa shape index (κ3) is 6.37. The summed E-state index contributed by atoms with van der Waals surface area (Å²) in [6.45, 7) is 4.20. The number of morpholine rings is 1. The molecule has 1 aliphatic rings. The van der Waals surface area contributed by atoms with Crippen molar-refractivity contribution in [3.05, 3.63) is 48.0 Å². The number of aldehydes is 1. The molecule has 1 N–H and O–H groups in total. The second-order valence-electron chi connectivity index (χ2n) is 8.13. The third-order valence-corrected chi connectivity index (χ3v) is 5.86. The summed E-state index contributed by atoms with van der Waals surface area (Å²) in [5.74, 6) is -0.812. The lowest BCUT2D eigenvalue weighted by molar-refractivity contribution is -0.139. The van der Waals surface area contributed by atoms with Crippen LogP contribution in [0.5, 0.6) is 0 Å². The Balaban J connectivity index is 1.79. The first-order valence-electron chi connectivity index (χ1n) is 11.2. The Bertz CT molecular complexity index is 887. The maximum absolute atomic E-state index is 13.2. The zero-order valence-corrected chi connectivity index (χ0v) is 18.2. The monoisotopic (exact) mass is 424 g/mol. The van der Waals surface area contributed by atoms with E-state index in [1.54, 1.807) is 4.90 Å². The largest absolute Gasteiger partial charge is 0.378 e. The van der Waals surface area contributed by atoms with E-state index in [1.165, 1.54) is 0 Å². The van der Waals surface area contributed by atoms with Gasteiger partial charge in [0.15, 0.2) is 0 Å². The van der Waals surface area contributed by atoms with Gasteiger partial charge in [-0.2, -0.15) is 0 Å². The molecule has 2 atom stereocenters. The van der Waals surface area contributed by atoms with Crippen LogP contribution in [0.3, 0.4) is 0 Å². The fourth-order valence-electron chi connectivity index (χ4n) is 4.04. The van der Waals surface area contributed by atoms with E-state index < -0.39 is 12.0 Å². The molecule has 1 saturated heterocycles. The number of nitrogens with zero attached hydrogens (tertiary/aromatic N) is 1. The lowest BCUT2D eigenvalue weighted by Crippen LogP contribution is -2.45. The average Bonchev–Trinajstić information content (AvgIpc) is 2.81. The Morgan fingerprint density at radius 2 is 1.87 bits per heavy atom. The van der Waals surface area contributed by atoms with Crippen LogP contribution >= 0.6 is 0 Å². The van der Waals surface area contributed by atoms with Gasteiger partial charge in [-0.3, -0.25) is 9.59 Å². The van der Waals surface area contributed by atoms with Crippen LogP contribution < -0.4 is 5.32 Å². The molecule has 6 nitrogen and oxygen atoms in total. The molecule has 1 unspecified atom stereocenters. The molecule has 31 heavy (non-hydrogen) atoms. The van der Waals surface area contributed by atoms with Crippen molar-refractivity contribution in [1.82, 2.24) is 10.2 Å². The second-order valence-corrected chi connectivity index (χ2v) is 8.13. The zero-order valence-electron chi connectivity index (χ0n) is 18.2. The molecule has 2 aromatic carbocycles. The average molecular weight is 425 g/mol. The van der Waals surface area contributed by atoms with Crippen LogP contribution in [-0.4, -0.2) is 55.3 Å². The fourth-order valence-corrected chi connectivity index (χ4v) is 4.04. The van der Waals surface area contributed by atoms with E-state index in [2.05, 4.69) is 5.32 Å². The Morgan fingerprint density at radius 3 is 2.61 bits per heavy atom. The van der Waals surface area contributed by atoms with Gasteiger partial charge in [0.1, 0.15) is 6.29 Å². The van der Waals surface area contributed by atoms with Crippen molar-refractivity contribution >= 4 is 28.9 Å². The van der Waals surface area contributed by atoms with Crippen molar-refractivity contribution in [3.8, 4) is 0 Å². The molecule has 1 aliphatic heterocycles. The van der Waals surface area contributed by atoms with E-state index in [9.17, 15) is 14.4 Å². The standard InChI is InChI=1S/C25H32N2O4/c1-2-3-10-22(18-28)26-25(30)21(17-24(29)27-12-14-31-15-13-27)16-20-9-6-8-19-7-4-5-11-23(19)20/h4-9,11,18,21-22H,2-3,10,12-17H2,1H3,(H,26,30)/t21?,22-/m0/s1. The van der Waals surface area contributed by atoms with E-state index in [4.69, 9.17) is 4.74 Å². The Labute approximate surface area is 183 Å². The van der Waals surface area contributed by atoms with Gasteiger partial charge in [0.05, 0.1) is 25.2 Å². The van der Waals surface area contributed by atoms with Gasteiger partial charge >= 0.3 is 0 Å². The van der Waals surface area contributed by atoms with E-state index in [0.29, 0.717) is 39.1 Å². The van der Waals surface area contributed by atoms with E-state index in [0.717, 1.165) is 35.5 Å². The summed E-state index contributed by atoms with van der Waals surface area (Å²) in [4.78, 5) is 39.3. The number of carbonyl (C=O) groups is 3. The number of benzene rings is 2. The number of hydrogen-bond acceptors (Lipinski definition) is 4. The number of ether oxygens (including phenoxy) is 1. The number of hydrogen-bond donors (Lipinski definition) is 1. The van der Waals surface area contributed by atoms with Crippen molar-refractivity contribution in [2.45, 2.75) is 45.1 Å². The Kier molecular flexibility index (Phi) is 8.59. The normalized spacial score (nSPS) is 16.0. The molecule has 0 aliphatic carbocycles. The first-order valence-corrected chi connectivity index (χ1v) is 11.2. The van der Waals surface area contributed by atoms with E-state index in [1.807, 2.05) is 49.4 Å². The highest BCUT2D eigenvalue weighted by Crippen LogP contribution is 2.23. The number of unbranched alkanes of at least 4 members (excludes halogenated alkanes) is 1. The van der Waals surface area contributed by atoms with Crippen LogP contribution in [0.4, 0.5) is 0 Å². The van der Waals surface area contributed by atoms with Crippen LogP contribution in [0.2, 0.25) is 0 Å². The number of carbonyl (C=O) groups excluding carboxylic acids is 3. The third-order valence-electron chi connectivity index (χ3n) is 5.86. The summed E-state index contributed by atoms with van der Waals surface area (Å²) in [7, 11) is 0. The van der Waals surface area contributed by atoms with Crippen LogP contribution in [0, 0.1) is 5.92 Å². The van der Waals surface area contributed by atoms with Gasteiger partial charge in [-0.15, -0.1) is 0 Å². The molecular formula is C25H32N2O4. The summed E-state index contributed by atoms with van der Waals surface area (Å²) in [5.41, 5.74) is 1.03. The number of rotatable bonds is 10. The maximum atomic E-state index is 13.2. The molecule has 2 amide bonds. The number of nitrogens with one attached hydrogen (secondary N) is 1. The summed E-state index contributed by atoms with van der Waals surface area (Å²) < 4.78 is 5.34. The highest BCUT2D eigenvalue weighted by atomic mass is 16.5. The second kappa shape index (κ2) is 11.6. The SMILES string of the molecule is CCCC[C@@H](C=O)NC(=O)C(CC(=O)N1CCOCC1)Cc1cccc2ccccc12. The molecule has 1 fully saturated rings. The van der Waals surface area contributed by atoms with E-state index in [-0.39, 0.29) is 18.2 Å². The van der Waals surface area contributed by atoms with Gasteiger partial charge in [-0.05, 0) is 29.2 Å². The van der Waals surface area contributed by atoms with Crippen molar-refractivity contribution in [1.29, 1.82) is 0 Å². The predicted molar refractivity (Wildman–Crippen MR) is 121 cm³/mol. The van der Waals surface area contributed by atoms with Crippen LogP contribution in [0.15, 0.2) is 42.5 Å². The van der Waals surface area contributed by atoms with Gasteiger partial charge in [-0.25, -0.2) is 0 Å². The van der Waals surface area contributed by atoms with Crippen LogP contribution in [0.1, 0.15) is 38.2 Å². The first kappa shape index (κ1) is 22.9. The molecule has 6 heteroatoms. The number of amides is 2. The molecule has 0 spiro atoms. The Morgan fingerprint density at radius 1 is 1.13 bits per heavy atom. The lowest BCUT2D eigenvalue weighted by atomic mass is 9.91. The molecule has 1 heterocycles. The molecule has 0 aromatic heterocycles. The minimum Gasteiger partial charge on any atom is -0.378 e. The molecular weight excluding hydrogens is 392 g/mol. The first-order chi connectivity index (χ1) is 15.1. The minimum atomic E-state index is -0.537. The maximum Gasteiger partial charge on any atom is 0.224 e. The molecule has 2 aromatic rings. The highest BCUT2D eigenvalue weighted by molar-refractivity contribution is 5.89. The van der Waals surface area contributed by atoms with Crippen molar-refractivity contribution in [3.63, 3.8) is 0 Å². The van der Waals surface area contributed by atoms with Gasteiger partial charge in [0.2, 0.25) is 11.8 Å². The smallest absolute Gasteiger partial charge is 0.224 e. The lowest BCUT2D eigenvalue weighted by Gasteiger charge is -2.28. The fraction of sp³-hybridized carbons (Fsp3) is 0.480. The van der Waals surface area contributed by atoms with Crippen LogP contribution in [-0.2, 0) is 25.5 Å². The number of fused-ring (bicyclic) bond motifs is 1. The minimum absolute atomic E-state index is 0.0418. The molecule has 3 rings (SSSR count). The van der Waals surface area contributed by atoms with Crippen LogP contribution in [0.25, 0.3) is 10.8 Å². The highest BCUT2D eigenvalue weighted by Gasteiger charge is 2.28. The Hall–Kier alpha value is -2.73. The molecule has 166 valence electrons. The van der Waals surface area contributed by atoms with E-state index >= 15 is 0 Å². The predicted octanol–water partition coefficient (Wildman–Crippen LogP) is 3.12. The van der Waals surface area contributed by atoms with Crippen molar-refractivity contribution < 1.29 is 19.1 Å². The molecule has 0 bridgehead atoms.